The minimum atomic E-state index is -0.736. The standard InChI is InChI=1S/C8H11N.C7H6O3/c1-9(2)8-6-4-3-5-7-8;8-7(10-9)6-4-2-1-3-5-6/h3-7H,1-2H3;1-5,9H. The zero-order chi connectivity index (χ0) is 14.1. The maximum Gasteiger partial charge on any atom is 0.372 e. The van der Waals surface area contributed by atoms with Gasteiger partial charge in [-0.2, -0.15) is 5.26 Å². The number of hydrogen-bond donors (Lipinski definition) is 1. The van der Waals surface area contributed by atoms with E-state index in [1.807, 2.05) is 32.3 Å². The van der Waals surface area contributed by atoms with E-state index < -0.39 is 5.97 Å². The van der Waals surface area contributed by atoms with E-state index in [1.165, 1.54) is 5.69 Å². The van der Waals surface area contributed by atoms with Crippen LogP contribution in [0.5, 0.6) is 0 Å². The lowest BCUT2D eigenvalue weighted by Crippen LogP contribution is -2.07. The second kappa shape index (κ2) is 7.89. The number of nitrogens with zero attached hydrogens (tertiary/aromatic N) is 1. The van der Waals surface area contributed by atoms with Gasteiger partial charge in [-0.25, -0.2) is 4.79 Å². The average Bonchev–Trinajstić information content (AvgIpc) is 2.49. The molecule has 2 aromatic rings. The fourth-order valence-corrected chi connectivity index (χ4v) is 1.35. The molecule has 1 N–H and O–H groups in total. The van der Waals surface area contributed by atoms with Crippen molar-refractivity contribution in [2.75, 3.05) is 19.0 Å². The Balaban J connectivity index is 0.000000191. The molecule has 100 valence electrons. The molecule has 19 heavy (non-hydrogen) atoms. The van der Waals surface area contributed by atoms with E-state index in [4.69, 9.17) is 5.26 Å². The summed E-state index contributed by atoms with van der Waals surface area (Å²) in [5, 5.41) is 7.94. The van der Waals surface area contributed by atoms with Crippen molar-refractivity contribution in [3.05, 3.63) is 66.2 Å². The highest BCUT2D eigenvalue weighted by Crippen LogP contribution is 2.07. The normalized spacial score (nSPS) is 9.00. The molecule has 0 unspecified atom stereocenters. The lowest BCUT2D eigenvalue weighted by atomic mass is 10.2. The predicted molar refractivity (Wildman–Crippen MR) is 75.3 cm³/mol. The molecule has 4 heteroatoms. The molecule has 0 radical (unpaired) electrons. The summed E-state index contributed by atoms with van der Waals surface area (Å²) >= 11 is 0. The first-order valence-corrected chi connectivity index (χ1v) is 5.78. The third-order valence-electron chi connectivity index (χ3n) is 2.36. The molecule has 0 heterocycles. The van der Waals surface area contributed by atoms with Crippen LogP contribution in [0.25, 0.3) is 0 Å². The van der Waals surface area contributed by atoms with Crippen LogP contribution in [-0.4, -0.2) is 25.3 Å². The summed E-state index contributed by atoms with van der Waals surface area (Å²) in [7, 11) is 4.07. The first-order chi connectivity index (χ1) is 9.15. The number of hydrogen-bond acceptors (Lipinski definition) is 4. The van der Waals surface area contributed by atoms with E-state index in [1.54, 1.807) is 30.3 Å². The summed E-state index contributed by atoms with van der Waals surface area (Å²) in [5.74, 6) is -0.736. The second-order valence-corrected chi connectivity index (χ2v) is 3.97. The van der Waals surface area contributed by atoms with Gasteiger partial charge in [-0.15, -0.1) is 0 Å². The van der Waals surface area contributed by atoms with Crippen molar-refractivity contribution in [2.45, 2.75) is 0 Å². The summed E-state index contributed by atoms with van der Waals surface area (Å²) in [4.78, 5) is 16.1. The van der Waals surface area contributed by atoms with Crippen molar-refractivity contribution < 1.29 is 14.9 Å². The Bertz CT molecular complexity index is 483. The van der Waals surface area contributed by atoms with Crippen LogP contribution in [0.4, 0.5) is 5.69 Å². The van der Waals surface area contributed by atoms with Crippen LogP contribution in [0.15, 0.2) is 60.7 Å². The van der Waals surface area contributed by atoms with Gasteiger partial charge in [0.25, 0.3) is 0 Å². The van der Waals surface area contributed by atoms with Crippen molar-refractivity contribution >= 4 is 11.7 Å². The van der Waals surface area contributed by atoms with Crippen LogP contribution < -0.4 is 4.90 Å². The molecule has 0 atom stereocenters. The number of benzene rings is 2. The molecular formula is C15H17NO3. The SMILES string of the molecule is CN(C)c1ccccc1.O=C(OO)c1ccccc1. The maximum atomic E-state index is 10.5. The van der Waals surface area contributed by atoms with Gasteiger partial charge in [0.2, 0.25) is 0 Å². The van der Waals surface area contributed by atoms with Crippen molar-refractivity contribution in [2.24, 2.45) is 0 Å². The lowest BCUT2D eigenvalue weighted by molar-refractivity contribution is -0.182. The first kappa shape index (κ1) is 14.7. The van der Waals surface area contributed by atoms with E-state index in [0.29, 0.717) is 5.56 Å². The summed E-state index contributed by atoms with van der Waals surface area (Å²) in [6.07, 6.45) is 0. The number of anilines is 1. The van der Waals surface area contributed by atoms with Gasteiger partial charge in [0.15, 0.2) is 0 Å². The van der Waals surface area contributed by atoms with Gasteiger partial charge in [0, 0.05) is 19.8 Å². The zero-order valence-electron chi connectivity index (χ0n) is 11.0. The van der Waals surface area contributed by atoms with Gasteiger partial charge >= 0.3 is 5.97 Å². The average molecular weight is 259 g/mol. The quantitative estimate of drug-likeness (QED) is 0.665. The Kier molecular flexibility index (Phi) is 6.12. The summed E-state index contributed by atoms with van der Waals surface area (Å²) < 4.78 is 0. The van der Waals surface area contributed by atoms with Crippen LogP contribution in [0.3, 0.4) is 0 Å². The molecular weight excluding hydrogens is 242 g/mol. The Morgan fingerprint density at radius 1 is 0.947 bits per heavy atom. The molecule has 0 aliphatic heterocycles. The Morgan fingerprint density at radius 3 is 1.79 bits per heavy atom. The van der Waals surface area contributed by atoms with Crippen molar-refractivity contribution in [1.82, 2.24) is 0 Å². The van der Waals surface area contributed by atoms with E-state index in [0.717, 1.165) is 0 Å². The fraction of sp³-hybridized carbons (Fsp3) is 0.133. The zero-order valence-corrected chi connectivity index (χ0v) is 11.0. The van der Waals surface area contributed by atoms with E-state index in [-0.39, 0.29) is 0 Å². The smallest absolute Gasteiger partial charge is 0.372 e. The Labute approximate surface area is 112 Å². The summed E-state index contributed by atoms with van der Waals surface area (Å²) in [6, 6.07) is 18.5. The Hall–Kier alpha value is -2.33. The third-order valence-corrected chi connectivity index (χ3v) is 2.36. The highest BCUT2D eigenvalue weighted by atomic mass is 17.1. The van der Waals surface area contributed by atoms with E-state index in [2.05, 4.69) is 21.9 Å². The molecule has 0 amide bonds. The molecule has 2 aromatic carbocycles. The lowest BCUT2D eigenvalue weighted by Gasteiger charge is -2.10. The maximum absolute atomic E-state index is 10.5. The second-order valence-electron chi connectivity index (χ2n) is 3.97. The highest BCUT2D eigenvalue weighted by molar-refractivity contribution is 5.88. The van der Waals surface area contributed by atoms with Gasteiger partial charge in [-0.05, 0) is 24.3 Å². The third kappa shape index (κ3) is 5.23. The minimum absolute atomic E-state index is 0.338. The van der Waals surface area contributed by atoms with Crippen molar-refractivity contribution in [3.8, 4) is 0 Å². The van der Waals surface area contributed by atoms with Gasteiger partial charge < -0.3 is 4.90 Å². The monoisotopic (exact) mass is 259 g/mol. The molecule has 0 saturated heterocycles. The molecule has 0 saturated carbocycles. The molecule has 0 aliphatic carbocycles. The number of rotatable bonds is 2. The number of para-hydroxylation sites is 1. The summed E-state index contributed by atoms with van der Waals surface area (Å²) in [5.41, 5.74) is 1.59. The topological polar surface area (TPSA) is 49.8 Å². The molecule has 0 aliphatic rings. The van der Waals surface area contributed by atoms with Gasteiger partial charge in [0.05, 0.1) is 5.56 Å². The van der Waals surface area contributed by atoms with Crippen LogP contribution in [0.2, 0.25) is 0 Å². The Morgan fingerprint density at radius 2 is 1.42 bits per heavy atom. The molecule has 0 spiro atoms. The van der Waals surface area contributed by atoms with Crippen molar-refractivity contribution in [3.63, 3.8) is 0 Å². The molecule has 2 rings (SSSR count). The fourth-order valence-electron chi connectivity index (χ4n) is 1.35. The van der Waals surface area contributed by atoms with E-state index in [9.17, 15) is 4.79 Å². The first-order valence-electron chi connectivity index (χ1n) is 5.78. The highest BCUT2D eigenvalue weighted by Gasteiger charge is 2.02. The molecule has 0 bridgehead atoms. The number of carbonyl (C=O) groups excluding carboxylic acids is 1. The number of carbonyl (C=O) groups is 1. The van der Waals surface area contributed by atoms with Crippen LogP contribution >= 0.6 is 0 Å². The van der Waals surface area contributed by atoms with Crippen LogP contribution in [0.1, 0.15) is 10.4 Å². The van der Waals surface area contributed by atoms with Crippen molar-refractivity contribution in [1.29, 1.82) is 0 Å². The predicted octanol–water partition coefficient (Wildman–Crippen LogP) is 3.07. The minimum Gasteiger partial charge on any atom is -0.378 e. The molecule has 4 nitrogen and oxygen atoms in total. The van der Waals surface area contributed by atoms with Gasteiger partial charge in [-0.3, -0.25) is 4.89 Å². The molecule has 0 aromatic heterocycles. The summed E-state index contributed by atoms with van der Waals surface area (Å²) in [6.45, 7) is 0. The largest absolute Gasteiger partial charge is 0.378 e. The van der Waals surface area contributed by atoms with Crippen LogP contribution in [0, 0.1) is 0 Å². The molecule has 0 fully saturated rings. The van der Waals surface area contributed by atoms with Crippen LogP contribution in [-0.2, 0) is 4.89 Å². The van der Waals surface area contributed by atoms with Gasteiger partial charge in [0.1, 0.15) is 0 Å². The van der Waals surface area contributed by atoms with E-state index >= 15 is 0 Å². The van der Waals surface area contributed by atoms with Gasteiger partial charge in [-0.1, -0.05) is 36.4 Å².